The summed E-state index contributed by atoms with van der Waals surface area (Å²) in [6, 6.07) is 11.1. The van der Waals surface area contributed by atoms with Gasteiger partial charge in [0.05, 0.1) is 11.1 Å². The van der Waals surface area contributed by atoms with Gasteiger partial charge >= 0.3 is 6.09 Å². The number of halogens is 2. The first-order valence-electron chi connectivity index (χ1n) is 7.59. The van der Waals surface area contributed by atoms with Crippen LogP contribution in [-0.4, -0.2) is 40.2 Å². The van der Waals surface area contributed by atoms with E-state index in [1.165, 1.54) is 17.0 Å². The Kier molecular flexibility index (Phi) is 4.72. The van der Waals surface area contributed by atoms with E-state index < -0.39 is 11.9 Å². The Morgan fingerprint density at radius 1 is 1.44 bits per heavy atom. The predicted octanol–water partition coefficient (Wildman–Crippen LogP) is 3.64. The molecule has 25 heavy (non-hydrogen) atoms. The molecule has 0 saturated carbocycles. The number of carboxylic acid groups (broad SMARTS) is 1. The van der Waals surface area contributed by atoms with E-state index in [0.29, 0.717) is 24.5 Å². The van der Waals surface area contributed by atoms with Crippen molar-refractivity contribution >= 4 is 29.2 Å². The van der Waals surface area contributed by atoms with Crippen LogP contribution in [0.1, 0.15) is 12.1 Å². The van der Waals surface area contributed by atoms with Gasteiger partial charge in [-0.05, 0) is 36.8 Å². The molecule has 0 bridgehead atoms. The first kappa shape index (κ1) is 17.0. The van der Waals surface area contributed by atoms with Gasteiger partial charge in [0, 0.05) is 18.8 Å². The maximum atomic E-state index is 13.5. The molecule has 1 aliphatic heterocycles. The first-order chi connectivity index (χ1) is 12.0. The van der Waals surface area contributed by atoms with E-state index in [4.69, 9.17) is 16.9 Å². The summed E-state index contributed by atoms with van der Waals surface area (Å²) in [6.45, 7) is 0.673. The number of likely N-dealkylation sites (tertiary alicyclic amines) is 1. The monoisotopic (exact) mass is 360 g/mol. The van der Waals surface area contributed by atoms with Crippen molar-refractivity contribution < 1.29 is 14.3 Å². The molecule has 0 radical (unpaired) electrons. The van der Waals surface area contributed by atoms with Crippen molar-refractivity contribution in [1.29, 1.82) is 5.26 Å². The molecule has 0 unspecified atom stereocenters. The van der Waals surface area contributed by atoms with Gasteiger partial charge in [-0.15, -0.1) is 0 Å². The zero-order valence-electron chi connectivity index (χ0n) is 13.1. The molecule has 2 heterocycles. The van der Waals surface area contributed by atoms with Crippen LogP contribution in [0.25, 0.3) is 0 Å². The van der Waals surface area contributed by atoms with E-state index in [1.807, 2.05) is 6.07 Å². The first-order valence-corrected chi connectivity index (χ1v) is 7.96. The van der Waals surface area contributed by atoms with Crippen LogP contribution in [-0.2, 0) is 0 Å². The molecule has 1 saturated heterocycles. The summed E-state index contributed by atoms with van der Waals surface area (Å²) in [6.07, 6.45) is -0.405. The quantitative estimate of drug-likeness (QED) is 0.903. The summed E-state index contributed by atoms with van der Waals surface area (Å²) in [4.78, 5) is 18.6. The van der Waals surface area contributed by atoms with E-state index in [-0.39, 0.29) is 23.3 Å². The number of carbonyl (C=O) groups is 1. The van der Waals surface area contributed by atoms with Crippen molar-refractivity contribution in [2.24, 2.45) is 0 Å². The molecule has 1 amide bonds. The zero-order chi connectivity index (χ0) is 18.0. The van der Waals surface area contributed by atoms with E-state index in [0.717, 1.165) is 0 Å². The van der Waals surface area contributed by atoms with Crippen molar-refractivity contribution in [3.63, 3.8) is 0 Å². The molecule has 8 heteroatoms. The third-order valence-corrected chi connectivity index (χ3v) is 4.37. The van der Waals surface area contributed by atoms with Crippen LogP contribution in [0, 0.1) is 17.1 Å². The van der Waals surface area contributed by atoms with Crippen LogP contribution in [0.4, 0.5) is 20.7 Å². The average Bonchev–Trinajstić information content (AvgIpc) is 3.08. The molecule has 1 fully saturated rings. The summed E-state index contributed by atoms with van der Waals surface area (Å²) in [7, 11) is 0. The highest BCUT2D eigenvalue weighted by Gasteiger charge is 2.32. The van der Waals surface area contributed by atoms with Gasteiger partial charge in [0.25, 0.3) is 0 Å². The van der Waals surface area contributed by atoms with Gasteiger partial charge in [0.2, 0.25) is 0 Å². The maximum Gasteiger partial charge on any atom is 0.407 e. The van der Waals surface area contributed by atoms with Crippen LogP contribution in [0.3, 0.4) is 0 Å². The van der Waals surface area contributed by atoms with Crippen molar-refractivity contribution in [2.45, 2.75) is 12.5 Å². The lowest BCUT2D eigenvalue weighted by Gasteiger charge is -2.30. The van der Waals surface area contributed by atoms with Gasteiger partial charge in [0.15, 0.2) is 0 Å². The molecule has 1 N–H and O–H groups in total. The molecule has 2 aromatic rings. The minimum absolute atomic E-state index is 0.0352. The summed E-state index contributed by atoms with van der Waals surface area (Å²) in [5, 5.41) is 18.2. The number of nitriles is 1. The van der Waals surface area contributed by atoms with E-state index in [2.05, 4.69) is 4.98 Å². The number of benzene rings is 1. The van der Waals surface area contributed by atoms with Gasteiger partial charge in [0.1, 0.15) is 23.4 Å². The lowest BCUT2D eigenvalue weighted by atomic mass is 10.1. The van der Waals surface area contributed by atoms with Crippen LogP contribution >= 0.6 is 11.6 Å². The summed E-state index contributed by atoms with van der Waals surface area (Å²) >= 11 is 5.91. The largest absolute Gasteiger partial charge is 0.465 e. The SMILES string of the molecule is N#Cc1cccc(N(c2ccc(F)c(Cl)c2)[C@H]2CCN(C(=O)O)C2)n1. The Morgan fingerprint density at radius 3 is 2.88 bits per heavy atom. The van der Waals surface area contributed by atoms with Crippen LogP contribution in [0.15, 0.2) is 36.4 Å². The lowest BCUT2D eigenvalue weighted by molar-refractivity contribution is 0.155. The Labute approximate surface area is 148 Å². The molecule has 6 nitrogen and oxygen atoms in total. The zero-order valence-corrected chi connectivity index (χ0v) is 13.8. The summed E-state index contributed by atoms with van der Waals surface area (Å²) in [5.41, 5.74) is 0.829. The molecule has 0 aliphatic carbocycles. The van der Waals surface area contributed by atoms with Gasteiger partial charge < -0.3 is 14.9 Å². The number of pyridine rings is 1. The second-order valence-electron chi connectivity index (χ2n) is 5.63. The Hall–Kier alpha value is -2.85. The van der Waals surface area contributed by atoms with Crippen molar-refractivity contribution in [3.05, 3.63) is 52.9 Å². The highest BCUT2D eigenvalue weighted by molar-refractivity contribution is 6.31. The Morgan fingerprint density at radius 2 is 2.24 bits per heavy atom. The molecule has 0 spiro atoms. The highest BCUT2D eigenvalue weighted by Crippen LogP contribution is 2.33. The fourth-order valence-electron chi connectivity index (χ4n) is 2.91. The van der Waals surface area contributed by atoms with Gasteiger partial charge in [-0.25, -0.2) is 14.2 Å². The predicted molar refractivity (Wildman–Crippen MR) is 90.5 cm³/mol. The minimum Gasteiger partial charge on any atom is -0.465 e. The average molecular weight is 361 g/mol. The molecule has 1 aromatic heterocycles. The molecular weight excluding hydrogens is 347 g/mol. The third kappa shape index (κ3) is 3.49. The number of amides is 1. The standard InChI is InChI=1S/C17H14ClFN4O2/c18-14-8-12(4-5-15(14)19)23(13-6-7-22(10-13)17(24)25)16-3-1-2-11(9-20)21-16/h1-5,8,13H,6-7,10H2,(H,24,25)/t13-/m0/s1. The number of hydrogen-bond acceptors (Lipinski definition) is 4. The number of aromatic nitrogens is 1. The van der Waals surface area contributed by atoms with E-state index in [9.17, 15) is 14.3 Å². The van der Waals surface area contributed by atoms with Crippen molar-refractivity contribution in [3.8, 4) is 6.07 Å². The molecule has 1 atom stereocenters. The van der Waals surface area contributed by atoms with Gasteiger partial charge in [-0.2, -0.15) is 5.26 Å². The molecule has 128 valence electrons. The van der Waals surface area contributed by atoms with Crippen molar-refractivity contribution in [1.82, 2.24) is 9.88 Å². The molecular formula is C17H14ClFN4O2. The Bertz CT molecular complexity index is 855. The number of nitrogens with zero attached hydrogens (tertiary/aromatic N) is 4. The van der Waals surface area contributed by atoms with Gasteiger partial charge in [-0.3, -0.25) is 0 Å². The van der Waals surface area contributed by atoms with Crippen molar-refractivity contribution in [2.75, 3.05) is 18.0 Å². The summed E-state index contributed by atoms with van der Waals surface area (Å²) < 4.78 is 13.5. The number of anilines is 2. The van der Waals surface area contributed by atoms with Crippen LogP contribution in [0.2, 0.25) is 5.02 Å². The smallest absolute Gasteiger partial charge is 0.407 e. The highest BCUT2D eigenvalue weighted by atomic mass is 35.5. The fourth-order valence-corrected chi connectivity index (χ4v) is 3.09. The third-order valence-electron chi connectivity index (χ3n) is 4.08. The fraction of sp³-hybridized carbons (Fsp3) is 0.235. The normalized spacial score (nSPS) is 16.5. The molecule has 3 rings (SSSR count). The van der Waals surface area contributed by atoms with E-state index >= 15 is 0 Å². The molecule has 1 aliphatic rings. The summed E-state index contributed by atoms with van der Waals surface area (Å²) in [5.74, 6) is -0.0540. The molecule has 1 aromatic carbocycles. The van der Waals surface area contributed by atoms with Crippen LogP contribution < -0.4 is 4.90 Å². The Balaban J connectivity index is 2.03. The second-order valence-corrected chi connectivity index (χ2v) is 6.04. The second kappa shape index (κ2) is 6.95. The topological polar surface area (TPSA) is 80.5 Å². The van der Waals surface area contributed by atoms with E-state index in [1.54, 1.807) is 29.2 Å². The number of hydrogen-bond donors (Lipinski definition) is 1. The lowest BCUT2D eigenvalue weighted by Crippen LogP contribution is -2.36. The maximum absolute atomic E-state index is 13.5. The minimum atomic E-state index is -0.988. The number of rotatable bonds is 3. The van der Waals surface area contributed by atoms with Crippen LogP contribution in [0.5, 0.6) is 0 Å². The van der Waals surface area contributed by atoms with Gasteiger partial charge in [-0.1, -0.05) is 17.7 Å².